The van der Waals surface area contributed by atoms with Crippen LogP contribution in [-0.4, -0.2) is 54.3 Å². The Labute approximate surface area is 218 Å². The van der Waals surface area contributed by atoms with Crippen molar-refractivity contribution in [1.29, 1.82) is 0 Å². The molecule has 3 N–H and O–H groups in total. The van der Waals surface area contributed by atoms with E-state index < -0.39 is 11.5 Å². The molecule has 0 spiro atoms. The second kappa shape index (κ2) is 10.9. The zero-order valence-electron chi connectivity index (χ0n) is 21.6. The van der Waals surface area contributed by atoms with Crippen LogP contribution >= 0.6 is 0 Å². The monoisotopic (exact) mass is 493 g/mol. The first-order valence-corrected chi connectivity index (χ1v) is 13.1. The molecule has 37 heavy (non-hydrogen) atoms. The van der Waals surface area contributed by atoms with E-state index in [-0.39, 0.29) is 5.56 Å². The highest BCUT2D eigenvalue weighted by molar-refractivity contribution is 5.82. The molecule has 1 fully saturated rings. The minimum atomic E-state index is -1.40. The molecule has 3 aromatic rings. The summed E-state index contributed by atoms with van der Waals surface area (Å²) in [5, 5.41) is 16.3. The lowest BCUT2D eigenvalue weighted by atomic mass is 9.69. The van der Waals surface area contributed by atoms with E-state index in [2.05, 4.69) is 26.7 Å². The van der Waals surface area contributed by atoms with E-state index in [1.54, 1.807) is 0 Å². The minimum Gasteiger partial charge on any atom is -0.383 e. The third kappa shape index (κ3) is 5.19. The van der Waals surface area contributed by atoms with Gasteiger partial charge in [-0.15, -0.1) is 0 Å². The van der Waals surface area contributed by atoms with Gasteiger partial charge in [0.1, 0.15) is 5.60 Å². The van der Waals surface area contributed by atoms with Gasteiger partial charge in [-0.2, -0.15) is 0 Å². The van der Waals surface area contributed by atoms with Gasteiger partial charge in [-0.05, 0) is 86.8 Å². The molecule has 0 amide bonds. The molecule has 2 atom stereocenters. The molecule has 2 unspecified atom stereocenters. The first-order chi connectivity index (χ1) is 18.0. The number of hydrogen-bond acceptors (Lipinski definition) is 4. The van der Waals surface area contributed by atoms with E-state index >= 15 is 0 Å². The SMILES string of the molecule is CN(C)CCC(O)(C1=C=C=Cc2ccccc21)C(c1ccccc1)c1cc(C2CCNCC2)c[nH]c1=O. The average Bonchev–Trinajstić information content (AvgIpc) is 2.94. The lowest BCUT2D eigenvalue weighted by molar-refractivity contribution is 0.0664. The summed E-state index contributed by atoms with van der Waals surface area (Å²) in [5.74, 6) is -0.213. The Morgan fingerprint density at radius 2 is 1.81 bits per heavy atom. The molecule has 1 aromatic heterocycles. The van der Waals surface area contributed by atoms with E-state index in [0.717, 1.165) is 48.2 Å². The predicted octanol–water partition coefficient (Wildman–Crippen LogP) is 4.52. The van der Waals surface area contributed by atoms with Gasteiger partial charge in [0.25, 0.3) is 5.56 Å². The molecule has 0 radical (unpaired) electrons. The molecule has 5 rings (SSSR count). The fourth-order valence-corrected chi connectivity index (χ4v) is 5.74. The first kappa shape index (κ1) is 25.2. The summed E-state index contributed by atoms with van der Waals surface area (Å²) in [7, 11) is 4.00. The van der Waals surface area contributed by atoms with Crippen molar-refractivity contribution in [2.75, 3.05) is 33.7 Å². The topological polar surface area (TPSA) is 68.4 Å². The third-order valence-corrected chi connectivity index (χ3v) is 7.71. The zero-order chi connectivity index (χ0) is 25.8. The minimum absolute atomic E-state index is 0.168. The number of aromatic nitrogens is 1. The average molecular weight is 494 g/mol. The van der Waals surface area contributed by atoms with Crippen LogP contribution in [0.25, 0.3) is 11.6 Å². The summed E-state index contributed by atoms with van der Waals surface area (Å²) >= 11 is 0. The van der Waals surface area contributed by atoms with Crippen LogP contribution in [0.3, 0.4) is 0 Å². The van der Waals surface area contributed by atoms with Crippen LogP contribution in [0.15, 0.2) is 83.1 Å². The maximum Gasteiger partial charge on any atom is 0.251 e. The number of hydrogen-bond donors (Lipinski definition) is 3. The van der Waals surface area contributed by atoms with Gasteiger partial charge in [-0.3, -0.25) is 4.79 Å². The quantitative estimate of drug-likeness (QED) is 0.404. The number of H-pyrrole nitrogens is 1. The largest absolute Gasteiger partial charge is 0.383 e. The molecule has 1 aliphatic carbocycles. The highest BCUT2D eigenvalue weighted by Gasteiger charge is 2.45. The van der Waals surface area contributed by atoms with E-state index in [4.69, 9.17) is 0 Å². The van der Waals surface area contributed by atoms with E-state index in [1.807, 2.05) is 87.0 Å². The van der Waals surface area contributed by atoms with Crippen molar-refractivity contribution in [2.24, 2.45) is 0 Å². The zero-order valence-corrected chi connectivity index (χ0v) is 21.6. The molecular weight excluding hydrogens is 458 g/mol. The Morgan fingerprint density at radius 3 is 2.57 bits per heavy atom. The third-order valence-electron chi connectivity index (χ3n) is 7.71. The number of benzene rings is 2. The second-order valence-corrected chi connectivity index (χ2v) is 10.4. The Bertz CT molecular complexity index is 1410. The second-order valence-electron chi connectivity index (χ2n) is 10.4. The van der Waals surface area contributed by atoms with Crippen LogP contribution in [0.1, 0.15) is 58.9 Å². The summed E-state index contributed by atoms with van der Waals surface area (Å²) < 4.78 is 0. The van der Waals surface area contributed by atoms with Crippen molar-refractivity contribution in [3.8, 4) is 0 Å². The lowest BCUT2D eigenvalue weighted by Gasteiger charge is -2.39. The van der Waals surface area contributed by atoms with Crippen LogP contribution in [-0.2, 0) is 0 Å². The van der Waals surface area contributed by atoms with Crippen molar-refractivity contribution in [3.63, 3.8) is 0 Å². The summed E-state index contributed by atoms with van der Waals surface area (Å²) in [6, 6.07) is 20.0. The lowest BCUT2D eigenvalue weighted by Crippen LogP contribution is -2.43. The molecule has 190 valence electrons. The van der Waals surface area contributed by atoms with Crippen molar-refractivity contribution in [2.45, 2.75) is 36.7 Å². The van der Waals surface area contributed by atoms with Gasteiger partial charge < -0.3 is 20.3 Å². The molecule has 2 aromatic carbocycles. The van der Waals surface area contributed by atoms with Crippen LogP contribution in [0.4, 0.5) is 0 Å². The van der Waals surface area contributed by atoms with Crippen molar-refractivity contribution < 1.29 is 5.11 Å². The maximum atomic E-state index is 13.5. The summed E-state index contributed by atoms with van der Waals surface area (Å²) in [5.41, 5.74) is 10.1. The molecule has 1 aliphatic heterocycles. The molecular formula is C32H35N3O2. The van der Waals surface area contributed by atoms with Gasteiger partial charge in [0.05, 0.1) is 0 Å². The van der Waals surface area contributed by atoms with E-state index in [0.29, 0.717) is 30.0 Å². The number of nitrogens with zero attached hydrogens (tertiary/aromatic N) is 1. The Balaban J connectivity index is 1.73. The van der Waals surface area contributed by atoms with Crippen molar-refractivity contribution in [3.05, 3.63) is 116 Å². The van der Waals surface area contributed by atoms with Gasteiger partial charge in [0, 0.05) is 29.8 Å². The molecule has 5 nitrogen and oxygen atoms in total. The maximum absolute atomic E-state index is 13.5. The van der Waals surface area contributed by atoms with Crippen LogP contribution in [0, 0.1) is 0 Å². The summed E-state index contributed by atoms with van der Waals surface area (Å²) in [6.07, 6.45) is 6.24. The fraction of sp³-hybridized carbons (Fsp3) is 0.344. The molecule has 0 bridgehead atoms. The van der Waals surface area contributed by atoms with Crippen LogP contribution in [0.5, 0.6) is 0 Å². The van der Waals surface area contributed by atoms with Gasteiger partial charge in [0.2, 0.25) is 0 Å². The van der Waals surface area contributed by atoms with Crippen molar-refractivity contribution >= 4 is 11.6 Å². The highest BCUT2D eigenvalue weighted by atomic mass is 16.3. The predicted molar refractivity (Wildman–Crippen MR) is 150 cm³/mol. The number of nitrogens with one attached hydrogen (secondary N) is 2. The Hall–Kier alpha value is -3.43. The molecule has 5 heteroatoms. The van der Waals surface area contributed by atoms with Crippen LogP contribution in [0.2, 0.25) is 0 Å². The van der Waals surface area contributed by atoms with Gasteiger partial charge >= 0.3 is 0 Å². The normalized spacial score (nSPS) is 17.8. The van der Waals surface area contributed by atoms with Gasteiger partial charge in [-0.1, -0.05) is 66.1 Å². The summed E-state index contributed by atoms with van der Waals surface area (Å²) in [6.45, 7) is 2.58. The summed E-state index contributed by atoms with van der Waals surface area (Å²) in [4.78, 5) is 18.6. The number of piperidine rings is 1. The number of aliphatic hydroxyl groups is 1. The number of rotatable bonds is 8. The standard InChI is InChI=1S/C32H35N3O2/c1-35(2)20-17-32(37,29-14-8-12-24-9-6-7-13-27(24)29)30(25-10-4-3-5-11-25)28-21-26(22-34-31(28)36)23-15-18-33-19-16-23/h3-7,9-13,21-23,30,33,37H,15-20H2,1-2H3,(H,34,36). The molecule has 2 aliphatic rings. The van der Waals surface area contributed by atoms with Crippen LogP contribution < -0.4 is 10.9 Å². The first-order valence-electron chi connectivity index (χ1n) is 13.1. The van der Waals surface area contributed by atoms with E-state index in [9.17, 15) is 9.90 Å². The number of fused-ring (bicyclic) bond motifs is 1. The molecule has 1 saturated heterocycles. The smallest absolute Gasteiger partial charge is 0.251 e. The van der Waals surface area contributed by atoms with Gasteiger partial charge in [0.15, 0.2) is 0 Å². The fourth-order valence-electron chi connectivity index (χ4n) is 5.74. The molecule has 0 saturated carbocycles. The van der Waals surface area contributed by atoms with E-state index in [1.165, 1.54) is 0 Å². The Morgan fingerprint density at radius 1 is 1.08 bits per heavy atom. The molecule has 2 heterocycles. The number of pyridine rings is 1. The Kier molecular flexibility index (Phi) is 7.43. The highest BCUT2D eigenvalue weighted by Crippen LogP contribution is 2.46. The van der Waals surface area contributed by atoms with Crippen molar-refractivity contribution in [1.82, 2.24) is 15.2 Å². The number of aromatic amines is 1. The van der Waals surface area contributed by atoms with Gasteiger partial charge in [-0.25, -0.2) is 0 Å².